The van der Waals surface area contributed by atoms with Gasteiger partial charge in [-0.3, -0.25) is 14.9 Å². The molecule has 0 aromatic heterocycles. The molecule has 0 amide bonds. The van der Waals surface area contributed by atoms with E-state index in [0.29, 0.717) is 10.7 Å². The van der Waals surface area contributed by atoms with Crippen molar-refractivity contribution >= 4 is 34.1 Å². The third kappa shape index (κ3) is 3.08. The Morgan fingerprint density at radius 1 is 1.19 bits per heavy atom. The highest BCUT2D eigenvalue weighted by atomic mass is 32.2. The zero-order valence-corrected chi connectivity index (χ0v) is 14.2. The summed E-state index contributed by atoms with van der Waals surface area (Å²) in [5.74, 6) is -0.00686. The van der Waals surface area contributed by atoms with Gasteiger partial charge in [-0.2, -0.15) is 5.11 Å². The summed E-state index contributed by atoms with van der Waals surface area (Å²) in [5.41, 5.74) is 2.44. The molecule has 0 radical (unpaired) electrons. The molecule has 0 saturated carbocycles. The molecule has 8 nitrogen and oxygen atoms in total. The van der Waals surface area contributed by atoms with Crippen molar-refractivity contribution in [1.82, 2.24) is 0 Å². The number of ketones is 1. The largest absolute Gasteiger partial charge is 0.361 e. The number of carbonyl (C=O) groups is 1. The number of aliphatic imine (C=N–C) groups is 1. The number of amidine groups is 1. The van der Waals surface area contributed by atoms with Crippen LogP contribution in [0, 0.1) is 10.1 Å². The second-order valence-corrected chi connectivity index (χ2v) is 6.71. The van der Waals surface area contributed by atoms with E-state index >= 15 is 0 Å². The molecule has 4 rings (SSSR count). The molecule has 26 heavy (non-hydrogen) atoms. The fourth-order valence-electron chi connectivity index (χ4n) is 2.83. The summed E-state index contributed by atoms with van der Waals surface area (Å²) in [7, 11) is 0. The van der Waals surface area contributed by atoms with Gasteiger partial charge in [-0.15, -0.1) is 5.11 Å². The number of nitrogens with one attached hydrogen (secondary N) is 1. The van der Waals surface area contributed by atoms with E-state index in [0.717, 1.165) is 11.3 Å². The second kappa shape index (κ2) is 6.68. The molecule has 0 bridgehead atoms. The molecule has 2 heterocycles. The average molecular weight is 367 g/mol. The van der Waals surface area contributed by atoms with Gasteiger partial charge in [-0.1, -0.05) is 30.0 Å². The maximum Gasteiger partial charge on any atom is 0.269 e. The van der Waals surface area contributed by atoms with Crippen LogP contribution in [0.2, 0.25) is 0 Å². The van der Waals surface area contributed by atoms with Crippen LogP contribution >= 0.6 is 11.8 Å². The van der Waals surface area contributed by atoms with Gasteiger partial charge in [-0.05, 0) is 18.2 Å². The zero-order valence-electron chi connectivity index (χ0n) is 13.4. The van der Waals surface area contributed by atoms with Crippen molar-refractivity contribution in [2.45, 2.75) is 12.2 Å². The van der Waals surface area contributed by atoms with Gasteiger partial charge in [0.25, 0.3) is 5.69 Å². The van der Waals surface area contributed by atoms with Gasteiger partial charge in [-0.25, -0.2) is 4.99 Å². The van der Waals surface area contributed by atoms with Crippen LogP contribution in [-0.4, -0.2) is 27.8 Å². The van der Waals surface area contributed by atoms with Crippen molar-refractivity contribution in [3.63, 3.8) is 0 Å². The summed E-state index contributed by atoms with van der Waals surface area (Å²) in [6.07, 6.45) is -0.207. The lowest BCUT2D eigenvalue weighted by Crippen LogP contribution is -2.21. The molecule has 2 aliphatic rings. The lowest BCUT2D eigenvalue weighted by Gasteiger charge is -2.16. The van der Waals surface area contributed by atoms with Crippen LogP contribution in [0.15, 0.2) is 63.8 Å². The van der Waals surface area contributed by atoms with Gasteiger partial charge < -0.3 is 5.32 Å². The Balaban J connectivity index is 1.39. The number of anilines is 1. The fourth-order valence-corrected chi connectivity index (χ4v) is 3.55. The Hall–Kier alpha value is -3.07. The zero-order chi connectivity index (χ0) is 18.1. The van der Waals surface area contributed by atoms with E-state index in [1.807, 2.05) is 24.3 Å². The van der Waals surface area contributed by atoms with Crippen molar-refractivity contribution in [1.29, 1.82) is 0 Å². The first-order valence-electron chi connectivity index (χ1n) is 7.86. The van der Waals surface area contributed by atoms with Crippen LogP contribution in [0.1, 0.15) is 22.0 Å². The predicted octanol–water partition coefficient (Wildman–Crippen LogP) is 3.83. The number of benzene rings is 2. The summed E-state index contributed by atoms with van der Waals surface area (Å²) < 4.78 is 0. The van der Waals surface area contributed by atoms with E-state index in [9.17, 15) is 14.9 Å². The Morgan fingerprint density at radius 2 is 1.96 bits per heavy atom. The molecule has 9 heteroatoms. The van der Waals surface area contributed by atoms with Gasteiger partial charge in [0.05, 0.1) is 10.7 Å². The molecule has 2 aromatic rings. The van der Waals surface area contributed by atoms with Crippen molar-refractivity contribution in [3.8, 4) is 0 Å². The average Bonchev–Trinajstić information content (AvgIpc) is 3.04. The normalized spacial score (nSPS) is 19.9. The highest BCUT2D eigenvalue weighted by Gasteiger charge is 2.34. The van der Waals surface area contributed by atoms with Crippen LogP contribution in [0.3, 0.4) is 0 Å². The molecule has 130 valence electrons. The Bertz CT molecular complexity index is 942. The van der Waals surface area contributed by atoms with E-state index in [4.69, 9.17) is 0 Å². The molecule has 2 atom stereocenters. The number of rotatable bonds is 4. The first-order valence-corrected chi connectivity index (χ1v) is 8.85. The summed E-state index contributed by atoms with van der Waals surface area (Å²) >= 11 is 1.20. The van der Waals surface area contributed by atoms with Crippen molar-refractivity contribution in [2.24, 2.45) is 15.2 Å². The first-order chi connectivity index (χ1) is 12.6. The molecular weight excluding hydrogens is 354 g/mol. The predicted molar refractivity (Wildman–Crippen MR) is 98.8 cm³/mol. The summed E-state index contributed by atoms with van der Waals surface area (Å²) in [4.78, 5) is 26.9. The van der Waals surface area contributed by atoms with Crippen LogP contribution in [-0.2, 0) is 0 Å². The van der Waals surface area contributed by atoms with Gasteiger partial charge in [0.2, 0.25) is 5.17 Å². The van der Waals surface area contributed by atoms with E-state index in [-0.39, 0.29) is 29.4 Å². The van der Waals surface area contributed by atoms with Crippen LogP contribution < -0.4 is 5.32 Å². The molecule has 1 N–H and O–H groups in total. The molecule has 2 aromatic carbocycles. The number of thioether (sulfide) groups is 1. The molecule has 0 unspecified atom stereocenters. The minimum absolute atomic E-state index is 0.0439. The topological polar surface area (TPSA) is 109 Å². The van der Waals surface area contributed by atoms with E-state index < -0.39 is 4.92 Å². The number of nitrogens with zero attached hydrogens (tertiary/aromatic N) is 4. The molecule has 0 fully saturated rings. The number of fused-ring (bicyclic) bond motifs is 3. The maximum atomic E-state index is 12.2. The van der Waals surface area contributed by atoms with Crippen LogP contribution in [0.5, 0.6) is 0 Å². The molecule has 2 aliphatic heterocycles. The Morgan fingerprint density at radius 3 is 2.73 bits per heavy atom. The first kappa shape index (κ1) is 16.4. The highest BCUT2D eigenvalue weighted by Crippen LogP contribution is 2.39. The minimum Gasteiger partial charge on any atom is -0.361 e. The van der Waals surface area contributed by atoms with Crippen LogP contribution in [0.25, 0.3) is 0 Å². The summed E-state index contributed by atoms with van der Waals surface area (Å²) in [6.45, 7) is 0. The number of carbonyl (C=O) groups excluding carboxylic acids is 1. The highest BCUT2D eigenvalue weighted by molar-refractivity contribution is 8.14. The third-order valence-electron chi connectivity index (χ3n) is 4.13. The molecule has 0 aliphatic carbocycles. The number of non-ortho nitro benzene ring substituents is 1. The molecule has 0 spiro atoms. The summed E-state index contributed by atoms with van der Waals surface area (Å²) in [5, 5.41) is 22.9. The number of para-hydroxylation sites is 1. The third-order valence-corrected chi connectivity index (χ3v) is 4.98. The Labute approximate surface area is 152 Å². The number of hydrogen-bond acceptors (Lipinski definition) is 8. The van der Waals surface area contributed by atoms with Crippen molar-refractivity contribution < 1.29 is 9.72 Å². The van der Waals surface area contributed by atoms with Gasteiger partial charge in [0.15, 0.2) is 11.9 Å². The van der Waals surface area contributed by atoms with E-state index in [1.54, 1.807) is 0 Å². The van der Waals surface area contributed by atoms with Gasteiger partial charge in [0.1, 0.15) is 6.04 Å². The minimum atomic E-state index is -0.497. The summed E-state index contributed by atoms with van der Waals surface area (Å²) in [6, 6.07) is 13.3. The number of azo groups is 1. The Kier molecular flexibility index (Phi) is 4.21. The van der Waals surface area contributed by atoms with Gasteiger partial charge in [0, 0.05) is 28.9 Å². The number of hydrogen-bond donors (Lipinski definition) is 1. The number of nitro groups is 1. The maximum absolute atomic E-state index is 12.2. The fraction of sp³-hybridized carbons (Fsp3) is 0.176. The lowest BCUT2D eigenvalue weighted by molar-refractivity contribution is -0.384. The lowest BCUT2D eigenvalue weighted by atomic mass is 10.1. The smallest absolute Gasteiger partial charge is 0.269 e. The SMILES string of the molecule is O=C(CSC1=N[C@@H]2Nc3ccccc3[C@H]2N=N1)c1ccc([N+](=O)[O-])cc1. The standard InChI is InChI=1S/C17H13N5O3S/c23-14(10-5-7-11(8-6-10)22(24)25)9-26-17-19-16-15(20-21-17)12-3-1-2-4-13(12)18-16/h1-8,15-16,18H,9H2/t15-,16+/m1/s1. The van der Waals surface area contributed by atoms with Gasteiger partial charge >= 0.3 is 0 Å². The number of nitro benzene ring substituents is 1. The second-order valence-electron chi connectivity index (χ2n) is 5.76. The van der Waals surface area contributed by atoms with Crippen molar-refractivity contribution in [3.05, 3.63) is 69.8 Å². The van der Waals surface area contributed by atoms with E-state index in [2.05, 4.69) is 20.5 Å². The number of Topliss-reactive ketones (excluding diaryl/α,β-unsaturated/α-hetero) is 1. The molecular formula is C17H13N5O3S. The molecule has 0 saturated heterocycles. The van der Waals surface area contributed by atoms with E-state index in [1.165, 1.54) is 36.0 Å². The quantitative estimate of drug-likeness (QED) is 0.502. The van der Waals surface area contributed by atoms with Crippen molar-refractivity contribution in [2.75, 3.05) is 11.1 Å². The van der Waals surface area contributed by atoms with Crippen LogP contribution in [0.4, 0.5) is 11.4 Å². The monoisotopic (exact) mass is 367 g/mol.